The highest BCUT2D eigenvalue weighted by Gasteiger charge is 2.33. The molecule has 9 heteroatoms. The van der Waals surface area contributed by atoms with E-state index >= 15 is 0 Å². The van der Waals surface area contributed by atoms with Gasteiger partial charge in [-0.25, -0.2) is 17.6 Å². The predicted octanol–water partition coefficient (Wildman–Crippen LogP) is 4.58. The zero-order valence-corrected chi connectivity index (χ0v) is 10.1. The number of benzene rings is 2. The Bertz CT molecular complexity index is 696. The van der Waals surface area contributed by atoms with Gasteiger partial charge in [0.1, 0.15) is 0 Å². The number of rotatable bonds is 1. The predicted molar refractivity (Wildman–Crippen MR) is 57.7 cm³/mol. The van der Waals surface area contributed by atoms with E-state index in [1.165, 1.54) is 0 Å². The van der Waals surface area contributed by atoms with Crippen molar-refractivity contribution in [2.24, 2.45) is 0 Å². The first kappa shape index (κ1) is 14.8. The van der Waals surface area contributed by atoms with Gasteiger partial charge in [-0.3, -0.25) is 0 Å². The van der Waals surface area contributed by atoms with E-state index in [2.05, 4.69) is 17.4 Å². The molecular weight excluding hydrogens is 313 g/mol. The molecule has 0 amide bonds. The standard InChI is InChI=1S/C11H3F7OS/c12-4-1-3-6(20)2-5(19-11(16,17)18)9(14)7(3)10(15)8(4)13/h1-2,20H. The second-order valence-electron chi connectivity index (χ2n) is 3.66. The first-order valence-corrected chi connectivity index (χ1v) is 5.31. The van der Waals surface area contributed by atoms with Crippen molar-refractivity contribution >= 4 is 23.4 Å². The molecule has 0 saturated carbocycles. The lowest BCUT2D eigenvalue weighted by atomic mass is 10.1. The molecule has 0 unspecified atom stereocenters. The second kappa shape index (κ2) is 4.72. The molecule has 2 rings (SSSR count). The number of thiol groups is 1. The Morgan fingerprint density at radius 2 is 1.50 bits per heavy atom. The van der Waals surface area contributed by atoms with Gasteiger partial charge in [0.15, 0.2) is 29.0 Å². The minimum Gasteiger partial charge on any atom is -0.403 e. The minimum atomic E-state index is -5.23. The highest BCUT2D eigenvalue weighted by atomic mass is 32.1. The molecule has 20 heavy (non-hydrogen) atoms. The zero-order valence-electron chi connectivity index (χ0n) is 9.16. The van der Waals surface area contributed by atoms with Crippen LogP contribution < -0.4 is 4.74 Å². The largest absolute Gasteiger partial charge is 0.573 e. The van der Waals surface area contributed by atoms with Gasteiger partial charge >= 0.3 is 6.36 Å². The van der Waals surface area contributed by atoms with Crippen molar-refractivity contribution in [1.29, 1.82) is 0 Å². The first-order valence-electron chi connectivity index (χ1n) is 4.86. The van der Waals surface area contributed by atoms with Gasteiger partial charge in [-0.2, -0.15) is 0 Å². The second-order valence-corrected chi connectivity index (χ2v) is 4.15. The number of halogens is 7. The Labute approximate surface area is 112 Å². The third kappa shape index (κ3) is 2.49. The first-order chi connectivity index (χ1) is 9.11. The lowest BCUT2D eigenvalue weighted by molar-refractivity contribution is -0.275. The van der Waals surface area contributed by atoms with Gasteiger partial charge in [-0.1, -0.05) is 0 Å². The molecule has 108 valence electrons. The molecule has 0 heterocycles. The fourth-order valence-corrected chi connectivity index (χ4v) is 1.89. The van der Waals surface area contributed by atoms with Crippen LogP contribution in [0.3, 0.4) is 0 Å². The summed E-state index contributed by atoms with van der Waals surface area (Å²) < 4.78 is 92.8. The Balaban J connectivity index is 2.81. The van der Waals surface area contributed by atoms with Crippen LogP contribution in [-0.2, 0) is 0 Å². The van der Waals surface area contributed by atoms with Crippen molar-refractivity contribution in [1.82, 2.24) is 0 Å². The summed E-state index contributed by atoms with van der Waals surface area (Å²) in [7, 11) is 0. The van der Waals surface area contributed by atoms with Gasteiger partial charge in [0, 0.05) is 10.3 Å². The zero-order chi connectivity index (χ0) is 15.2. The average Bonchev–Trinajstić information content (AvgIpc) is 2.30. The molecule has 0 N–H and O–H groups in total. The number of fused-ring (bicyclic) bond motifs is 1. The van der Waals surface area contributed by atoms with Crippen LogP contribution in [0.25, 0.3) is 10.8 Å². The van der Waals surface area contributed by atoms with Crippen LogP contribution in [0.2, 0.25) is 0 Å². The van der Waals surface area contributed by atoms with E-state index in [0.717, 1.165) is 0 Å². The number of ether oxygens (including phenoxy) is 1. The van der Waals surface area contributed by atoms with Crippen molar-refractivity contribution in [3.8, 4) is 5.75 Å². The van der Waals surface area contributed by atoms with Gasteiger partial charge in [0.2, 0.25) is 0 Å². The molecule has 1 nitrogen and oxygen atoms in total. The monoisotopic (exact) mass is 316 g/mol. The average molecular weight is 316 g/mol. The topological polar surface area (TPSA) is 9.23 Å². The molecular formula is C11H3F7OS. The highest BCUT2D eigenvalue weighted by Crippen LogP contribution is 2.37. The summed E-state index contributed by atoms with van der Waals surface area (Å²) >= 11 is 3.68. The number of alkyl halides is 3. The molecule has 0 atom stereocenters. The maximum Gasteiger partial charge on any atom is 0.573 e. The SMILES string of the molecule is Fc1cc2c(S)cc(OC(F)(F)F)c(F)c2c(F)c1F. The lowest BCUT2D eigenvalue weighted by Crippen LogP contribution is -2.18. The van der Waals surface area contributed by atoms with Crippen molar-refractivity contribution in [3.63, 3.8) is 0 Å². The minimum absolute atomic E-state index is 0.404. The van der Waals surface area contributed by atoms with Crippen molar-refractivity contribution in [2.45, 2.75) is 11.3 Å². The van der Waals surface area contributed by atoms with Crippen molar-refractivity contribution < 1.29 is 35.5 Å². The third-order valence-electron chi connectivity index (χ3n) is 2.37. The third-order valence-corrected chi connectivity index (χ3v) is 2.74. The molecule has 0 radical (unpaired) electrons. The van der Waals surface area contributed by atoms with Gasteiger partial charge in [0.05, 0.1) is 5.39 Å². The molecule has 0 aliphatic rings. The van der Waals surface area contributed by atoms with Crippen LogP contribution in [0.4, 0.5) is 30.7 Å². The Morgan fingerprint density at radius 3 is 2.05 bits per heavy atom. The van der Waals surface area contributed by atoms with Crippen molar-refractivity contribution in [2.75, 3.05) is 0 Å². The smallest absolute Gasteiger partial charge is 0.403 e. The molecule has 0 spiro atoms. The van der Waals surface area contributed by atoms with Crippen LogP contribution in [0.5, 0.6) is 5.75 Å². The molecule has 0 fully saturated rings. The maximum absolute atomic E-state index is 13.8. The Morgan fingerprint density at radius 1 is 0.900 bits per heavy atom. The van der Waals surface area contributed by atoms with Gasteiger partial charge in [-0.05, 0) is 12.1 Å². The quantitative estimate of drug-likeness (QED) is 0.460. The molecule has 0 aliphatic heterocycles. The van der Waals surface area contributed by atoms with E-state index < -0.39 is 51.0 Å². The maximum atomic E-state index is 13.8. The van der Waals surface area contributed by atoms with Crippen LogP contribution in [0.1, 0.15) is 0 Å². The Kier molecular flexibility index (Phi) is 3.49. The van der Waals surface area contributed by atoms with E-state index in [9.17, 15) is 30.7 Å². The van der Waals surface area contributed by atoms with Crippen molar-refractivity contribution in [3.05, 3.63) is 35.4 Å². The molecule has 0 saturated heterocycles. The fraction of sp³-hybridized carbons (Fsp3) is 0.0909. The molecule has 0 aromatic heterocycles. The summed E-state index contributed by atoms with van der Waals surface area (Å²) in [6, 6.07) is 0.918. The summed E-state index contributed by atoms with van der Waals surface area (Å²) in [5.41, 5.74) is 0. The van der Waals surface area contributed by atoms with Crippen LogP contribution in [-0.4, -0.2) is 6.36 Å². The van der Waals surface area contributed by atoms with E-state index in [1.807, 2.05) is 0 Å². The Hall–Kier alpha value is -1.64. The van der Waals surface area contributed by atoms with Crippen LogP contribution >= 0.6 is 12.6 Å². The van der Waals surface area contributed by atoms with E-state index in [-0.39, 0.29) is 0 Å². The fourth-order valence-electron chi connectivity index (χ4n) is 1.60. The van der Waals surface area contributed by atoms with E-state index in [4.69, 9.17) is 0 Å². The van der Waals surface area contributed by atoms with Gasteiger partial charge < -0.3 is 4.74 Å². The van der Waals surface area contributed by atoms with Gasteiger partial charge in [-0.15, -0.1) is 25.8 Å². The summed E-state index contributed by atoms with van der Waals surface area (Å²) in [6.45, 7) is 0. The summed E-state index contributed by atoms with van der Waals surface area (Å²) in [6.07, 6.45) is -5.23. The molecule has 0 aliphatic carbocycles. The number of hydrogen-bond acceptors (Lipinski definition) is 2. The molecule has 2 aromatic carbocycles. The normalized spacial score (nSPS) is 12.0. The summed E-state index contributed by atoms with van der Waals surface area (Å²) in [4.78, 5) is -0.404. The molecule has 0 bridgehead atoms. The van der Waals surface area contributed by atoms with Crippen LogP contribution in [0, 0.1) is 23.3 Å². The highest BCUT2D eigenvalue weighted by molar-refractivity contribution is 7.80. The van der Waals surface area contributed by atoms with E-state index in [1.54, 1.807) is 0 Å². The molecule has 2 aromatic rings. The summed E-state index contributed by atoms with van der Waals surface area (Å²) in [5.74, 6) is -8.77. The lowest BCUT2D eigenvalue weighted by Gasteiger charge is -2.13. The van der Waals surface area contributed by atoms with E-state index in [0.29, 0.717) is 12.1 Å². The van der Waals surface area contributed by atoms with Crippen LogP contribution in [0.15, 0.2) is 17.0 Å². The number of hydrogen-bond donors (Lipinski definition) is 1. The summed E-state index contributed by atoms with van der Waals surface area (Å²) in [5, 5.41) is -1.69. The van der Waals surface area contributed by atoms with Gasteiger partial charge in [0.25, 0.3) is 0 Å².